The maximum absolute atomic E-state index is 12.6. The number of benzene rings is 1. The minimum Gasteiger partial charge on any atom is -0.504 e. The standard InChI is InChI=1S/C20H23NO12/c22-3-9-13(24)16(27)17(28)20(33-9)32-7-2-6-5-1-8-18(31-4-30-8)14(25)10(5)19(29)21-11(6)15(26)12(7)23/h1-2,7,9,11-13,15-17,20,22-28H,3-4H2,(H,21,29)/t7-,9+,11+,12+,13+,15-,16-,17+,20-/m0/s1. The van der Waals surface area contributed by atoms with Crippen LogP contribution in [0.3, 0.4) is 0 Å². The normalized spacial score (nSPS) is 39.4. The molecule has 3 heterocycles. The lowest BCUT2D eigenvalue weighted by Crippen LogP contribution is -2.62. The molecule has 33 heavy (non-hydrogen) atoms. The van der Waals surface area contributed by atoms with Crippen LogP contribution in [0.2, 0.25) is 0 Å². The van der Waals surface area contributed by atoms with Crippen LogP contribution in [0.5, 0.6) is 17.2 Å². The first-order valence-electron chi connectivity index (χ1n) is 10.2. The number of phenolic OH excluding ortho intramolecular Hbond substituents is 1. The number of hydrogen-bond acceptors (Lipinski definition) is 12. The van der Waals surface area contributed by atoms with Crippen molar-refractivity contribution in [1.82, 2.24) is 5.32 Å². The van der Waals surface area contributed by atoms with E-state index in [1.165, 1.54) is 12.1 Å². The second kappa shape index (κ2) is 8.07. The predicted octanol–water partition coefficient (Wildman–Crippen LogP) is -3.46. The Morgan fingerprint density at radius 2 is 1.79 bits per heavy atom. The van der Waals surface area contributed by atoms with Crippen LogP contribution in [0.4, 0.5) is 0 Å². The molecule has 0 bridgehead atoms. The molecule has 9 atom stereocenters. The molecular weight excluding hydrogens is 446 g/mol. The SMILES string of the molecule is O=C1N[C@@H]2C(=C[C@H](O[C@H]3O[C@H](CO)[C@@H](O)[C@H](O)[C@H]3O)[C@@H](O)[C@H]2O)c2cc3c(c(O)c21)OCO3. The van der Waals surface area contributed by atoms with Crippen molar-refractivity contribution in [3.8, 4) is 17.2 Å². The molecule has 0 unspecified atom stereocenters. The summed E-state index contributed by atoms with van der Waals surface area (Å²) in [6.07, 6.45) is -10.9. The van der Waals surface area contributed by atoms with Gasteiger partial charge in [-0.3, -0.25) is 4.79 Å². The summed E-state index contributed by atoms with van der Waals surface area (Å²) in [5.41, 5.74) is 0.404. The Morgan fingerprint density at radius 1 is 1.03 bits per heavy atom. The minimum absolute atomic E-state index is 0.00783. The van der Waals surface area contributed by atoms with Crippen molar-refractivity contribution < 1.29 is 59.5 Å². The fourth-order valence-electron chi connectivity index (χ4n) is 4.53. The molecule has 0 aromatic heterocycles. The molecule has 1 amide bonds. The second-order valence-corrected chi connectivity index (χ2v) is 8.23. The summed E-state index contributed by atoms with van der Waals surface area (Å²) in [6.45, 7) is -0.824. The predicted molar refractivity (Wildman–Crippen MR) is 104 cm³/mol. The van der Waals surface area contributed by atoms with Gasteiger partial charge in [-0.2, -0.15) is 0 Å². The average molecular weight is 469 g/mol. The number of aliphatic hydroxyl groups excluding tert-OH is 6. The molecule has 3 aliphatic heterocycles. The average Bonchev–Trinajstić information content (AvgIpc) is 3.27. The van der Waals surface area contributed by atoms with Crippen molar-refractivity contribution in [2.24, 2.45) is 0 Å². The summed E-state index contributed by atoms with van der Waals surface area (Å²) in [7, 11) is 0. The van der Waals surface area contributed by atoms with Crippen molar-refractivity contribution in [3.05, 3.63) is 23.3 Å². The van der Waals surface area contributed by atoms with Crippen molar-refractivity contribution in [3.63, 3.8) is 0 Å². The van der Waals surface area contributed by atoms with Crippen LogP contribution in [0.1, 0.15) is 15.9 Å². The van der Waals surface area contributed by atoms with E-state index in [-0.39, 0.29) is 29.4 Å². The fraction of sp³-hybridized carbons (Fsp3) is 0.550. The van der Waals surface area contributed by atoms with E-state index in [4.69, 9.17) is 18.9 Å². The van der Waals surface area contributed by atoms with E-state index in [0.717, 1.165) is 0 Å². The number of aliphatic hydroxyl groups is 6. The Morgan fingerprint density at radius 3 is 2.52 bits per heavy atom. The molecule has 180 valence electrons. The zero-order valence-corrected chi connectivity index (χ0v) is 16.9. The van der Waals surface area contributed by atoms with E-state index < -0.39 is 73.3 Å². The topological polar surface area (TPSA) is 208 Å². The Bertz CT molecular complexity index is 996. The number of carbonyl (C=O) groups is 1. The van der Waals surface area contributed by atoms with Crippen LogP contribution < -0.4 is 14.8 Å². The maximum Gasteiger partial charge on any atom is 0.256 e. The summed E-state index contributed by atoms with van der Waals surface area (Å²) >= 11 is 0. The quantitative estimate of drug-likeness (QED) is 0.217. The third-order valence-corrected chi connectivity index (χ3v) is 6.31. The largest absolute Gasteiger partial charge is 0.504 e. The van der Waals surface area contributed by atoms with Crippen molar-refractivity contribution >= 4 is 11.5 Å². The van der Waals surface area contributed by atoms with E-state index in [1.54, 1.807) is 0 Å². The molecule has 1 aromatic carbocycles. The van der Waals surface area contributed by atoms with E-state index in [1.807, 2.05) is 0 Å². The van der Waals surface area contributed by atoms with Crippen molar-refractivity contribution in [2.45, 2.75) is 55.1 Å². The van der Waals surface area contributed by atoms with Gasteiger partial charge in [-0.1, -0.05) is 0 Å². The van der Waals surface area contributed by atoms with Crippen molar-refractivity contribution in [2.75, 3.05) is 13.4 Å². The smallest absolute Gasteiger partial charge is 0.256 e. The first-order chi connectivity index (χ1) is 15.7. The number of ether oxygens (including phenoxy) is 4. The van der Waals surface area contributed by atoms with Gasteiger partial charge < -0.3 is 60.0 Å². The molecular formula is C20H23NO12. The molecule has 8 N–H and O–H groups in total. The molecule has 1 saturated heterocycles. The number of hydrogen-bond donors (Lipinski definition) is 8. The van der Waals surface area contributed by atoms with E-state index in [0.29, 0.717) is 5.57 Å². The number of amides is 1. The number of carbonyl (C=O) groups excluding carboxylic acids is 1. The molecule has 0 spiro atoms. The minimum atomic E-state index is -1.72. The van der Waals surface area contributed by atoms with Gasteiger partial charge in [-0.25, -0.2) is 0 Å². The van der Waals surface area contributed by atoms with Gasteiger partial charge in [0.2, 0.25) is 12.5 Å². The van der Waals surface area contributed by atoms with Crippen LogP contribution >= 0.6 is 0 Å². The first-order valence-corrected chi connectivity index (χ1v) is 10.2. The number of phenols is 1. The van der Waals surface area contributed by atoms with Gasteiger partial charge in [0.05, 0.1) is 18.2 Å². The third-order valence-electron chi connectivity index (χ3n) is 6.31. The van der Waals surface area contributed by atoms with Crippen LogP contribution in [-0.2, 0) is 9.47 Å². The molecule has 13 nitrogen and oxygen atoms in total. The Hall–Kier alpha value is -2.49. The zero-order chi connectivity index (χ0) is 23.6. The van der Waals surface area contributed by atoms with Gasteiger partial charge in [0.1, 0.15) is 42.7 Å². The maximum atomic E-state index is 12.6. The number of aromatic hydroxyl groups is 1. The molecule has 5 rings (SSSR count). The van der Waals surface area contributed by atoms with E-state index in [9.17, 15) is 40.5 Å². The van der Waals surface area contributed by atoms with Crippen LogP contribution in [0.15, 0.2) is 12.1 Å². The lowest BCUT2D eigenvalue weighted by molar-refractivity contribution is -0.314. The van der Waals surface area contributed by atoms with Gasteiger partial charge in [0.15, 0.2) is 17.8 Å². The van der Waals surface area contributed by atoms with Gasteiger partial charge in [-0.15, -0.1) is 0 Å². The zero-order valence-electron chi connectivity index (χ0n) is 16.9. The molecule has 1 fully saturated rings. The lowest BCUT2D eigenvalue weighted by Gasteiger charge is -2.44. The molecule has 0 radical (unpaired) electrons. The summed E-state index contributed by atoms with van der Waals surface area (Å²) in [6, 6.07) is 0.416. The summed E-state index contributed by atoms with van der Waals surface area (Å²) in [5, 5.41) is 73.9. The molecule has 13 heteroatoms. The van der Waals surface area contributed by atoms with Crippen LogP contribution in [0.25, 0.3) is 5.57 Å². The second-order valence-electron chi connectivity index (χ2n) is 8.23. The Kier molecular flexibility index (Phi) is 5.46. The highest BCUT2D eigenvalue weighted by atomic mass is 16.7. The Labute approximate surface area is 186 Å². The van der Waals surface area contributed by atoms with E-state index >= 15 is 0 Å². The van der Waals surface area contributed by atoms with Crippen LogP contribution in [-0.4, -0.2) is 110 Å². The van der Waals surface area contributed by atoms with Crippen LogP contribution in [0, 0.1) is 0 Å². The highest BCUT2D eigenvalue weighted by Crippen LogP contribution is 2.48. The highest BCUT2D eigenvalue weighted by Gasteiger charge is 2.49. The highest BCUT2D eigenvalue weighted by molar-refractivity contribution is 6.07. The third kappa shape index (κ3) is 3.36. The van der Waals surface area contributed by atoms with Gasteiger partial charge in [0.25, 0.3) is 5.91 Å². The lowest BCUT2D eigenvalue weighted by atomic mass is 9.79. The summed E-state index contributed by atoms with van der Waals surface area (Å²) in [5.74, 6) is -0.938. The summed E-state index contributed by atoms with van der Waals surface area (Å²) < 4.78 is 21.4. The fourth-order valence-corrected chi connectivity index (χ4v) is 4.53. The molecule has 1 aliphatic carbocycles. The monoisotopic (exact) mass is 469 g/mol. The number of fused-ring (bicyclic) bond motifs is 4. The Balaban J connectivity index is 1.52. The van der Waals surface area contributed by atoms with E-state index in [2.05, 4.69) is 5.32 Å². The first kappa shape index (κ1) is 22.3. The van der Waals surface area contributed by atoms with Gasteiger partial charge >= 0.3 is 0 Å². The van der Waals surface area contributed by atoms with Gasteiger partial charge in [0, 0.05) is 5.56 Å². The molecule has 4 aliphatic rings. The number of rotatable bonds is 3. The molecule has 0 saturated carbocycles. The summed E-state index contributed by atoms with van der Waals surface area (Å²) in [4.78, 5) is 12.6. The molecule has 1 aromatic rings. The van der Waals surface area contributed by atoms with Crippen molar-refractivity contribution in [1.29, 1.82) is 0 Å². The van der Waals surface area contributed by atoms with Gasteiger partial charge in [-0.05, 0) is 17.7 Å². The number of nitrogens with one attached hydrogen (secondary N) is 1.